The predicted molar refractivity (Wildman–Crippen MR) is 81.7 cm³/mol. The molecule has 1 atom stereocenters. The molecule has 1 aliphatic rings. The molecular weight excluding hydrogens is 325 g/mol. The molecule has 0 spiro atoms. The van der Waals surface area contributed by atoms with Crippen LogP contribution in [0.15, 0.2) is 29.4 Å². The van der Waals surface area contributed by atoms with Crippen molar-refractivity contribution in [3.8, 4) is 5.75 Å². The van der Waals surface area contributed by atoms with E-state index >= 15 is 0 Å². The van der Waals surface area contributed by atoms with Crippen LogP contribution in [0.3, 0.4) is 0 Å². The first kappa shape index (κ1) is 18.3. The average Bonchev–Trinajstić information content (AvgIpc) is 2.83. The Bertz CT molecular complexity index is 658. The van der Waals surface area contributed by atoms with Crippen LogP contribution in [0.5, 0.6) is 5.75 Å². The van der Waals surface area contributed by atoms with Gasteiger partial charge in [-0.25, -0.2) is 0 Å². The van der Waals surface area contributed by atoms with Gasteiger partial charge in [-0.05, 0) is 30.5 Å². The number of ether oxygens (including phenoxy) is 1. The number of benzene rings is 1. The van der Waals surface area contributed by atoms with Crippen molar-refractivity contribution in [1.82, 2.24) is 5.01 Å². The molecule has 0 saturated heterocycles. The third kappa shape index (κ3) is 3.38. The number of methoxy groups -OCH3 is 1. The summed E-state index contributed by atoms with van der Waals surface area (Å²) in [7, 11) is 1.38. The molecule has 1 N–H and O–H groups in total. The zero-order valence-electron chi connectivity index (χ0n) is 13.6. The lowest BCUT2D eigenvalue weighted by atomic mass is 9.99. The topological polar surface area (TPSA) is 62.1 Å². The highest BCUT2D eigenvalue weighted by Gasteiger charge is 2.63. The van der Waals surface area contributed by atoms with Gasteiger partial charge in [-0.3, -0.25) is 4.79 Å². The molecule has 0 fully saturated rings. The van der Waals surface area contributed by atoms with Gasteiger partial charge in [0.2, 0.25) is 0 Å². The zero-order valence-corrected chi connectivity index (χ0v) is 13.6. The largest absolute Gasteiger partial charge is 0.497 e. The van der Waals surface area contributed by atoms with E-state index in [1.54, 1.807) is 6.07 Å². The summed E-state index contributed by atoms with van der Waals surface area (Å²) in [6.07, 6.45) is -5.51. The standard InChI is InChI=1S/C16H19F3N2O3/c1-10(2)7-12-9-15(23,16(17,18)19)21(20-12)14(22)11-5-4-6-13(8-11)24-3/h4-6,8,10,23H,7,9H2,1-3H3/t15-/m0/s1. The van der Waals surface area contributed by atoms with E-state index in [2.05, 4.69) is 5.10 Å². The Morgan fingerprint density at radius 2 is 2.12 bits per heavy atom. The Balaban J connectivity index is 2.41. The van der Waals surface area contributed by atoms with Gasteiger partial charge in [-0.15, -0.1) is 0 Å². The first-order valence-electron chi connectivity index (χ1n) is 7.42. The summed E-state index contributed by atoms with van der Waals surface area (Å²) in [4.78, 5) is 12.5. The molecule has 0 radical (unpaired) electrons. The number of aliphatic hydroxyl groups is 1. The Morgan fingerprint density at radius 1 is 1.46 bits per heavy atom. The smallest absolute Gasteiger partial charge is 0.438 e. The quantitative estimate of drug-likeness (QED) is 0.912. The Labute approximate surface area is 137 Å². The number of carbonyl (C=O) groups is 1. The summed E-state index contributed by atoms with van der Waals surface area (Å²) in [5.74, 6) is -0.664. The van der Waals surface area contributed by atoms with Gasteiger partial charge in [-0.2, -0.15) is 23.3 Å². The van der Waals surface area contributed by atoms with Gasteiger partial charge in [0.1, 0.15) is 5.75 Å². The number of halogens is 3. The minimum atomic E-state index is -5.02. The number of hydrazone groups is 1. The van der Waals surface area contributed by atoms with Gasteiger partial charge >= 0.3 is 6.18 Å². The number of amides is 1. The normalized spacial score (nSPS) is 21.2. The second kappa shape index (κ2) is 6.43. The number of rotatable bonds is 4. The Morgan fingerprint density at radius 3 is 2.67 bits per heavy atom. The van der Waals surface area contributed by atoms with Crippen LogP contribution < -0.4 is 4.74 Å². The van der Waals surface area contributed by atoms with Crippen molar-refractivity contribution < 1.29 is 27.8 Å². The first-order valence-corrected chi connectivity index (χ1v) is 7.42. The molecule has 132 valence electrons. The summed E-state index contributed by atoms with van der Waals surface area (Å²) in [5, 5.41) is 14.1. The maximum atomic E-state index is 13.4. The van der Waals surface area contributed by atoms with Crippen LogP contribution in [-0.4, -0.2) is 40.7 Å². The van der Waals surface area contributed by atoms with Crippen LogP contribution in [0.4, 0.5) is 13.2 Å². The Hall–Kier alpha value is -2.09. The molecule has 8 heteroatoms. The summed E-state index contributed by atoms with van der Waals surface area (Å²) in [6, 6.07) is 5.68. The summed E-state index contributed by atoms with van der Waals surface area (Å²) in [5.41, 5.74) is -3.25. The molecule has 0 bridgehead atoms. The predicted octanol–water partition coefficient (Wildman–Crippen LogP) is 3.19. The van der Waals surface area contributed by atoms with Crippen molar-refractivity contribution in [3.05, 3.63) is 29.8 Å². The number of hydrogen-bond donors (Lipinski definition) is 1. The SMILES string of the molecule is COc1cccc(C(=O)N2N=C(CC(C)C)C[C@]2(O)C(F)(F)F)c1. The fourth-order valence-corrected chi connectivity index (χ4v) is 2.52. The summed E-state index contributed by atoms with van der Waals surface area (Å²) >= 11 is 0. The fraction of sp³-hybridized carbons (Fsp3) is 0.500. The van der Waals surface area contributed by atoms with Crippen LogP contribution in [0.2, 0.25) is 0 Å². The minimum Gasteiger partial charge on any atom is -0.497 e. The molecule has 0 aliphatic carbocycles. The van der Waals surface area contributed by atoms with Crippen molar-refractivity contribution in [2.24, 2.45) is 11.0 Å². The fourth-order valence-electron chi connectivity index (χ4n) is 2.52. The molecule has 0 aromatic heterocycles. The number of carbonyl (C=O) groups excluding carboxylic acids is 1. The highest BCUT2D eigenvalue weighted by atomic mass is 19.4. The third-order valence-corrected chi connectivity index (χ3v) is 3.65. The molecule has 2 rings (SSSR count). The molecule has 1 amide bonds. The molecule has 0 saturated carbocycles. The van der Waals surface area contributed by atoms with E-state index in [0.29, 0.717) is 5.75 Å². The second-order valence-electron chi connectivity index (χ2n) is 6.10. The van der Waals surface area contributed by atoms with Gasteiger partial charge in [0.15, 0.2) is 0 Å². The van der Waals surface area contributed by atoms with Crippen molar-refractivity contribution in [1.29, 1.82) is 0 Å². The van der Waals surface area contributed by atoms with E-state index in [1.165, 1.54) is 25.3 Å². The lowest BCUT2D eigenvalue weighted by molar-refractivity contribution is -0.297. The maximum absolute atomic E-state index is 13.4. The van der Waals surface area contributed by atoms with Gasteiger partial charge in [0.05, 0.1) is 7.11 Å². The lowest BCUT2D eigenvalue weighted by Gasteiger charge is -2.32. The van der Waals surface area contributed by atoms with Crippen LogP contribution in [0.1, 0.15) is 37.0 Å². The molecular formula is C16H19F3N2O3. The lowest BCUT2D eigenvalue weighted by Crippen LogP contribution is -2.56. The molecule has 1 aliphatic heterocycles. The van der Waals surface area contributed by atoms with Crippen LogP contribution in [0.25, 0.3) is 0 Å². The van der Waals surface area contributed by atoms with Crippen molar-refractivity contribution in [2.75, 3.05) is 7.11 Å². The van der Waals surface area contributed by atoms with E-state index < -0.39 is 24.2 Å². The molecule has 1 aromatic carbocycles. The van der Waals surface area contributed by atoms with Crippen molar-refractivity contribution in [3.63, 3.8) is 0 Å². The van der Waals surface area contributed by atoms with Gasteiger partial charge in [-0.1, -0.05) is 19.9 Å². The molecule has 5 nitrogen and oxygen atoms in total. The number of hydrogen-bond acceptors (Lipinski definition) is 4. The molecule has 0 unspecified atom stereocenters. The van der Waals surface area contributed by atoms with Crippen molar-refractivity contribution in [2.45, 2.75) is 38.6 Å². The minimum absolute atomic E-state index is 0.0492. The van der Waals surface area contributed by atoms with Gasteiger partial charge < -0.3 is 9.84 Å². The zero-order chi connectivity index (χ0) is 18.1. The average molecular weight is 344 g/mol. The van der Waals surface area contributed by atoms with E-state index in [9.17, 15) is 23.1 Å². The summed E-state index contributed by atoms with van der Waals surface area (Å²) < 4.78 is 45.1. The van der Waals surface area contributed by atoms with Gasteiger partial charge in [0.25, 0.3) is 11.6 Å². The highest BCUT2D eigenvalue weighted by molar-refractivity contribution is 5.98. The van der Waals surface area contributed by atoms with Crippen LogP contribution in [-0.2, 0) is 0 Å². The first-order chi connectivity index (χ1) is 11.1. The van der Waals surface area contributed by atoms with Crippen LogP contribution >= 0.6 is 0 Å². The second-order valence-corrected chi connectivity index (χ2v) is 6.10. The highest BCUT2D eigenvalue weighted by Crippen LogP contribution is 2.41. The van der Waals surface area contributed by atoms with Crippen LogP contribution in [0, 0.1) is 5.92 Å². The van der Waals surface area contributed by atoms with E-state index in [4.69, 9.17) is 4.74 Å². The number of nitrogens with zero attached hydrogens (tertiary/aromatic N) is 2. The Kier molecular flexibility index (Phi) is 4.89. The molecule has 1 aromatic rings. The molecule has 24 heavy (non-hydrogen) atoms. The molecule has 1 heterocycles. The number of alkyl halides is 3. The van der Waals surface area contributed by atoms with E-state index in [0.717, 1.165) is 0 Å². The monoisotopic (exact) mass is 344 g/mol. The van der Waals surface area contributed by atoms with Crippen molar-refractivity contribution >= 4 is 11.6 Å². The third-order valence-electron chi connectivity index (χ3n) is 3.65. The van der Waals surface area contributed by atoms with E-state index in [1.807, 2.05) is 13.8 Å². The van der Waals surface area contributed by atoms with E-state index in [-0.39, 0.29) is 28.6 Å². The summed E-state index contributed by atoms with van der Waals surface area (Å²) in [6.45, 7) is 3.64. The maximum Gasteiger partial charge on any atom is 0.438 e. The van der Waals surface area contributed by atoms with Gasteiger partial charge in [0, 0.05) is 17.7 Å².